The van der Waals surface area contributed by atoms with Crippen molar-refractivity contribution in [3.8, 4) is 33.9 Å². The lowest BCUT2D eigenvalue weighted by molar-refractivity contribution is 0.669. The van der Waals surface area contributed by atoms with Crippen molar-refractivity contribution in [3.63, 3.8) is 0 Å². The highest BCUT2D eigenvalue weighted by atomic mass is 16.3. The van der Waals surface area contributed by atoms with Crippen LogP contribution in [0, 0.1) is 0 Å². The quantitative estimate of drug-likeness (QED) is 0.195. The molecule has 2 heterocycles. The van der Waals surface area contributed by atoms with Gasteiger partial charge in [0.25, 0.3) is 0 Å². The van der Waals surface area contributed by atoms with Crippen molar-refractivity contribution in [1.29, 1.82) is 0 Å². The molecule has 45 heavy (non-hydrogen) atoms. The molecule has 0 amide bonds. The summed E-state index contributed by atoms with van der Waals surface area (Å²) in [6.07, 6.45) is 9.33. The zero-order valence-corrected chi connectivity index (χ0v) is 24.4. The van der Waals surface area contributed by atoms with Crippen LogP contribution < -0.4 is 0 Å². The van der Waals surface area contributed by atoms with E-state index >= 15 is 0 Å². The summed E-state index contributed by atoms with van der Waals surface area (Å²) >= 11 is 0. The topological polar surface area (TPSA) is 51.8 Å². The Kier molecular flexibility index (Phi) is 5.91. The summed E-state index contributed by atoms with van der Waals surface area (Å²) in [7, 11) is 0. The summed E-state index contributed by atoms with van der Waals surface area (Å²) in [6.45, 7) is 0. The Labute approximate surface area is 260 Å². The first-order valence-corrected chi connectivity index (χ1v) is 15.3. The van der Waals surface area contributed by atoms with E-state index in [0.29, 0.717) is 11.6 Å². The Morgan fingerprint density at radius 3 is 2.24 bits per heavy atom. The molecule has 0 aliphatic heterocycles. The zero-order valence-electron chi connectivity index (χ0n) is 24.4. The predicted octanol–water partition coefficient (Wildman–Crippen LogP) is 10.7. The predicted molar refractivity (Wildman–Crippen MR) is 184 cm³/mol. The molecule has 0 bridgehead atoms. The molecule has 0 saturated heterocycles. The van der Waals surface area contributed by atoms with Crippen LogP contribution in [-0.4, -0.2) is 15.0 Å². The Balaban J connectivity index is 1.22. The zero-order chi connectivity index (χ0) is 29.7. The molecule has 2 aromatic heterocycles. The van der Waals surface area contributed by atoms with Crippen LogP contribution in [0.25, 0.3) is 77.4 Å². The van der Waals surface area contributed by atoms with Crippen LogP contribution >= 0.6 is 0 Å². The molecule has 9 rings (SSSR count). The van der Waals surface area contributed by atoms with Crippen molar-refractivity contribution >= 4 is 43.5 Å². The SMILES string of the molecule is C1=CCC(c2nc(-c3ccccc3)nc(-c3cccc4oc5ccc(-c6ccc7c(ccc8ccccc87)c6)cc5c34)n2)C=C1. The fourth-order valence-corrected chi connectivity index (χ4v) is 6.55. The number of fused-ring (bicyclic) bond motifs is 6. The molecular weight excluding hydrogens is 550 g/mol. The van der Waals surface area contributed by atoms with E-state index in [1.165, 1.54) is 21.5 Å². The van der Waals surface area contributed by atoms with Crippen LogP contribution in [0.3, 0.4) is 0 Å². The van der Waals surface area contributed by atoms with Gasteiger partial charge in [0.1, 0.15) is 17.0 Å². The minimum Gasteiger partial charge on any atom is -0.456 e. The average molecular weight is 578 g/mol. The highest BCUT2D eigenvalue weighted by Crippen LogP contribution is 2.39. The molecule has 0 saturated carbocycles. The third-order valence-electron chi connectivity index (χ3n) is 8.81. The molecule has 8 aromatic rings. The maximum Gasteiger partial charge on any atom is 0.164 e. The summed E-state index contributed by atoms with van der Waals surface area (Å²) in [4.78, 5) is 15.1. The number of rotatable bonds is 4. The minimum atomic E-state index is 0.0936. The standard InChI is InChI=1S/C41H27N3O/c1-3-11-27(12-4-1)39-42-40(28-13-5-2-6-14-28)44-41(43-39)34-16-9-17-37-38(34)35-25-30(21-23-36(35)45-37)29-20-22-33-31(24-29)19-18-26-10-7-8-15-32(26)33/h1-13,15-25,28H,14H2. The number of nitrogens with zero attached hydrogens (tertiary/aromatic N) is 3. The van der Waals surface area contributed by atoms with Crippen molar-refractivity contribution in [2.45, 2.75) is 12.3 Å². The molecular formula is C41H27N3O. The molecule has 1 atom stereocenters. The van der Waals surface area contributed by atoms with E-state index in [2.05, 4.69) is 103 Å². The van der Waals surface area contributed by atoms with Crippen LogP contribution in [0.2, 0.25) is 0 Å². The largest absolute Gasteiger partial charge is 0.456 e. The Morgan fingerprint density at radius 1 is 0.533 bits per heavy atom. The van der Waals surface area contributed by atoms with Gasteiger partial charge in [-0.05, 0) is 63.4 Å². The van der Waals surface area contributed by atoms with Gasteiger partial charge in [0.2, 0.25) is 0 Å². The summed E-state index contributed by atoms with van der Waals surface area (Å²) in [5.41, 5.74) is 5.85. The van der Waals surface area contributed by atoms with Crippen LogP contribution in [0.1, 0.15) is 18.2 Å². The highest BCUT2D eigenvalue weighted by molar-refractivity contribution is 6.13. The second kappa shape index (κ2) is 10.4. The van der Waals surface area contributed by atoms with Gasteiger partial charge in [-0.3, -0.25) is 0 Å². The summed E-state index contributed by atoms with van der Waals surface area (Å²) in [5, 5.41) is 7.06. The summed E-state index contributed by atoms with van der Waals surface area (Å²) < 4.78 is 6.39. The van der Waals surface area contributed by atoms with E-state index in [1.807, 2.05) is 42.5 Å². The van der Waals surface area contributed by atoms with E-state index < -0.39 is 0 Å². The van der Waals surface area contributed by atoms with Gasteiger partial charge in [0.05, 0.1) is 0 Å². The molecule has 6 aromatic carbocycles. The van der Waals surface area contributed by atoms with E-state index in [9.17, 15) is 0 Å². The van der Waals surface area contributed by atoms with Crippen LogP contribution in [-0.2, 0) is 0 Å². The molecule has 0 fully saturated rings. The van der Waals surface area contributed by atoms with Crippen LogP contribution in [0.15, 0.2) is 150 Å². The number of hydrogen-bond acceptors (Lipinski definition) is 4. The van der Waals surface area contributed by atoms with Crippen LogP contribution in [0.5, 0.6) is 0 Å². The lowest BCUT2D eigenvalue weighted by Crippen LogP contribution is -2.07. The summed E-state index contributed by atoms with van der Waals surface area (Å²) in [5.74, 6) is 2.19. The molecule has 1 aliphatic carbocycles. The van der Waals surface area contributed by atoms with Gasteiger partial charge in [-0.2, -0.15) is 0 Å². The molecule has 4 heteroatoms. The van der Waals surface area contributed by atoms with Gasteiger partial charge in [0.15, 0.2) is 11.6 Å². The van der Waals surface area contributed by atoms with Crippen molar-refractivity contribution in [2.75, 3.05) is 0 Å². The first-order chi connectivity index (χ1) is 22.3. The Bertz CT molecular complexity index is 2470. The number of aromatic nitrogens is 3. The van der Waals surface area contributed by atoms with Gasteiger partial charge in [-0.25, -0.2) is 15.0 Å². The maximum absolute atomic E-state index is 6.39. The monoisotopic (exact) mass is 577 g/mol. The average Bonchev–Trinajstić information content (AvgIpc) is 3.50. The smallest absolute Gasteiger partial charge is 0.164 e. The van der Waals surface area contributed by atoms with Gasteiger partial charge in [-0.1, -0.05) is 121 Å². The van der Waals surface area contributed by atoms with E-state index in [-0.39, 0.29) is 5.92 Å². The number of furan rings is 1. The second-order valence-corrected chi connectivity index (χ2v) is 11.6. The van der Waals surface area contributed by atoms with E-state index in [1.54, 1.807) is 0 Å². The van der Waals surface area contributed by atoms with Gasteiger partial charge < -0.3 is 4.42 Å². The van der Waals surface area contributed by atoms with Crippen molar-refractivity contribution in [2.24, 2.45) is 0 Å². The Morgan fingerprint density at radius 2 is 1.33 bits per heavy atom. The number of hydrogen-bond donors (Lipinski definition) is 0. The van der Waals surface area contributed by atoms with Gasteiger partial charge in [0, 0.05) is 27.8 Å². The van der Waals surface area contributed by atoms with Crippen molar-refractivity contribution in [1.82, 2.24) is 15.0 Å². The lowest BCUT2D eigenvalue weighted by atomic mass is 9.96. The first-order valence-electron chi connectivity index (χ1n) is 15.3. The minimum absolute atomic E-state index is 0.0936. The summed E-state index contributed by atoms with van der Waals surface area (Å²) in [6, 6.07) is 42.4. The molecule has 0 radical (unpaired) electrons. The molecule has 212 valence electrons. The maximum atomic E-state index is 6.39. The normalized spacial score (nSPS) is 14.6. The van der Waals surface area contributed by atoms with Gasteiger partial charge in [-0.15, -0.1) is 0 Å². The fourth-order valence-electron chi connectivity index (χ4n) is 6.55. The fraction of sp³-hybridized carbons (Fsp3) is 0.0488. The Hall–Kier alpha value is -5.87. The van der Waals surface area contributed by atoms with E-state index in [0.717, 1.165) is 56.4 Å². The van der Waals surface area contributed by atoms with E-state index in [4.69, 9.17) is 19.4 Å². The third-order valence-corrected chi connectivity index (χ3v) is 8.81. The lowest BCUT2D eigenvalue weighted by Gasteiger charge is -2.14. The number of benzene rings is 6. The first kappa shape index (κ1) is 25.6. The number of allylic oxidation sites excluding steroid dienone is 4. The molecule has 0 N–H and O–H groups in total. The molecule has 0 spiro atoms. The molecule has 1 unspecified atom stereocenters. The van der Waals surface area contributed by atoms with Crippen molar-refractivity contribution in [3.05, 3.63) is 151 Å². The van der Waals surface area contributed by atoms with Gasteiger partial charge >= 0.3 is 0 Å². The second-order valence-electron chi connectivity index (χ2n) is 11.6. The highest BCUT2D eigenvalue weighted by Gasteiger charge is 2.20. The van der Waals surface area contributed by atoms with Crippen LogP contribution in [0.4, 0.5) is 0 Å². The third kappa shape index (κ3) is 4.42. The van der Waals surface area contributed by atoms with Crippen molar-refractivity contribution < 1.29 is 4.42 Å². The molecule has 4 nitrogen and oxygen atoms in total. The molecule has 1 aliphatic rings.